The van der Waals surface area contributed by atoms with Crippen molar-refractivity contribution in [1.82, 2.24) is 0 Å². The zero-order valence-corrected chi connectivity index (χ0v) is 16.0. The van der Waals surface area contributed by atoms with E-state index in [-0.39, 0.29) is 24.1 Å². The molecule has 2 rings (SSSR count). The molecule has 0 saturated heterocycles. The third-order valence-corrected chi connectivity index (χ3v) is 4.24. The molecule has 1 N–H and O–H groups in total. The summed E-state index contributed by atoms with van der Waals surface area (Å²) in [4.78, 5) is 37.4. The van der Waals surface area contributed by atoms with Gasteiger partial charge in [0.05, 0.1) is 10.7 Å². The fourth-order valence-corrected chi connectivity index (χ4v) is 3.04. The average molecular weight is 373 g/mol. The van der Waals surface area contributed by atoms with E-state index < -0.39 is 0 Å². The van der Waals surface area contributed by atoms with Crippen LogP contribution in [0.25, 0.3) is 0 Å². The fourth-order valence-electron chi connectivity index (χ4n) is 2.67. The molecule has 5 nitrogen and oxygen atoms in total. The monoisotopic (exact) mass is 372 g/mol. The van der Waals surface area contributed by atoms with Gasteiger partial charge in [-0.1, -0.05) is 29.8 Å². The topological polar surface area (TPSA) is 66.5 Å². The predicted octanol–water partition coefficient (Wildman–Crippen LogP) is 4.15. The van der Waals surface area contributed by atoms with Crippen molar-refractivity contribution in [3.8, 4) is 0 Å². The highest BCUT2D eigenvalue weighted by Gasteiger charge is 2.18. The van der Waals surface area contributed by atoms with Crippen LogP contribution < -0.4 is 10.2 Å². The molecule has 0 atom stereocenters. The zero-order chi connectivity index (χ0) is 19.4. The van der Waals surface area contributed by atoms with Crippen molar-refractivity contribution in [3.63, 3.8) is 0 Å². The van der Waals surface area contributed by atoms with E-state index in [1.54, 1.807) is 30.3 Å². The number of ketones is 1. The highest BCUT2D eigenvalue weighted by atomic mass is 35.5. The highest BCUT2D eigenvalue weighted by molar-refractivity contribution is 6.34. The number of anilines is 2. The van der Waals surface area contributed by atoms with Gasteiger partial charge in [-0.3, -0.25) is 14.4 Å². The molecule has 0 unspecified atom stereocenters. The van der Waals surface area contributed by atoms with E-state index >= 15 is 0 Å². The molecule has 0 radical (unpaired) electrons. The summed E-state index contributed by atoms with van der Waals surface area (Å²) >= 11 is 6.22. The number of aryl methyl sites for hydroxylation is 2. The Hall–Kier alpha value is -2.66. The molecule has 0 bridgehead atoms. The Labute approximate surface area is 158 Å². The third kappa shape index (κ3) is 4.70. The van der Waals surface area contributed by atoms with Gasteiger partial charge in [-0.15, -0.1) is 0 Å². The molecule has 0 aromatic heterocycles. The van der Waals surface area contributed by atoms with Crippen molar-refractivity contribution in [1.29, 1.82) is 0 Å². The van der Waals surface area contributed by atoms with Gasteiger partial charge in [0.1, 0.15) is 6.54 Å². The summed E-state index contributed by atoms with van der Waals surface area (Å²) in [5.41, 5.74) is 3.34. The number of nitrogens with zero attached hydrogens (tertiary/aromatic N) is 1. The van der Waals surface area contributed by atoms with E-state index in [9.17, 15) is 14.4 Å². The Morgan fingerprint density at radius 1 is 1.08 bits per heavy atom. The molecule has 6 heteroatoms. The number of benzene rings is 2. The molecule has 26 heavy (non-hydrogen) atoms. The molecule has 0 aliphatic rings. The summed E-state index contributed by atoms with van der Waals surface area (Å²) in [5, 5.41) is 3.21. The Bertz CT molecular complexity index is 854. The number of carbonyl (C=O) groups excluding carboxylic acids is 3. The standard InChI is InChI=1S/C20H21ClN2O3/c1-12-8-13(2)20(18(21)9-12)22-19(26)11-23(15(4)25)17-7-5-6-16(10-17)14(3)24/h5-10H,11H2,1-4H3,(H,22,26). The Balaban J connectivity index is 2.23. The van der Waals surface area contributed by atoms with E-state index in [0.717, 1.165) is 11.1 Å². The van der Waals surface area contributed by atoms with Crippen LogP contribution in [0.1, 0.15) is 35.3 Å². The minimum Gasteiger partial charge on any atom is -0.323 e. The molecular weight excluding hydrogens is 352 g/mol. The zero-order valence-electron chi connectivity index (χ0n) is 15.2. The summed E-state index contributed by atoms with van der Waals surface area (Å²) in [6.45, 7) is 6.42. The lowest BCUT2D eigenvalue weighted by Gasteiger charge is -2.22. The first-order valence-corrected chi connectivity index (χ1v) is 8.52. The normalized spacial score (nSPS) is 10.3. The third-order valence-electron chi connectivity index (χ3n) is 3.94. The largest absolute Gasteiger partial charge is 0.323 e. The van der Waals surface area contributed by atoms with E-state index in [1.807, 2.05) is 19.9 Å². The van der Waals surface area contributed by atoms with Crippen molar-refractivity contribution in [3.05, 3.63) is 58.1 Å². The van der Waals surface area contributed by atoms with Gasteiger partial charge < -0.3 is 10.2 Å². The summed E-state index contributed by atoms with van der Waals surface area (Å²) in [5.74, 6) is -0.781. The Morgan fingerprint density at radius 2 is 1.77 bits per heavy atom. The van der Waals surface area contributed by atoms with Crippen LogP contribution in [0.4, 0.5) is 11.4 Å². The maximum Gasteiger partial charge on any atom is 0.244 e. The summed E-state index contributed by atoms with van der Waals surface area (Å²) in [7, 11) is 0. The first kappa shape index (κ1) is 19.7. The van der Waals surface area contributed by atoms with E-state index in [2.05, 4.69) is 5.32 Å². The van der Waals surface area contributed by atoms with E-state index in [4.69, 9.17) is 11.6 Å². The van der Waals surface area contributed by atoms with Gasteiger partial charge in [0.2, 0.25) is 11.8 Å². The van der Waals surface area contributed by atoms with Crippen LogP contribution in [0.2, 0.25) is 5.02 Å². The van der Waals surface area contributed by atoms with E-state index in [0.29, 0.717) is 22.0 Å². The van der Waals surface area contributed by atoms with Crippen molar-refractivity contribution in [2.75, 3.05) is 16.8 Å². The van der Waals surface area contributed by atoms with Crippen LogP contribution in [0.5, 0.6) is 0 Å². The van der Waals surface area contributed by atoms with Crippen LogP contribution >= 0.6 is 11.6 Å². The summed E-state index contributed by atoms with van der Waals surface area (Å²) in [6, 6.07) is 10.3. The second kappa shape index (κ2) is 8.15. The average Bonchev–Trinajstić information content (AvgIpc) is 2.55. The minimum absolute atomic E-state index is 0.109. The molecular formula is C20H21ClN2O3. The number of hydrogen-bond acceptors (Lipinski definition) is 3. The number of hydrogen-bond donors (Lipinski definition) is 1. The molecule has 0 aliphatic heterocycles. The second-order valence-electron chi connectivity index (χ2n) is 6.20. The number of nitrogens with one attached hydrogen (secondary N) is 1. The Morgan fingerprint density at radius 3 is 2.35 bits per heavy atom. The molecule has 0 fully saturated rings. The maximum absolute atomic E-state index is 12.5. The van der Waals surface area contributed by atoms with Gasteiger partial charge in [0.15, 0.2) is 5.78 Å². The second-order valence-corrected chi connectivity index (χ2v) is 6.61. The van der Waals surface area contributed by atoms with Crippen LogP contribution in [-0.4, -0.2) is 24.1 Å². The first-order valence-electron chi connectivity index (χ1n) is 8.14. The summed E-state index contributed by atoms with van der Waals surface area (Å²) < 4.78 is 0. The van der Waals surface area contributed by atoms with Crippen molar-refractivity contribution >= 4 is 40.6 Å². The lowest BCUT2D eigenvalue weighted by Crippen LogP contribution is -2.36. The molecule has 2 amide bonds. The molecule has 0 aliphatic carbocycles. The van der Waals surface area contributed by atoms with Crippen molar-refractivity contribution < 1.29 is 14.4 Å². The van der Waals surface area contributed by atoms with E-state index in [1.165, 1.54) is 18.7 Å². The van der Waals surface area contributed by atoms with Crippen LogP contribution in [0, 0.1) is 13.8 Å². The Kier molecular flexibility index (Phi) is 6.16. The van der Waals surface area contributed by atoms with Crippen molar-refractivity contribution in [2.45, 2.75) is 27.7 Å². The van der Waals surface area contributed by atoms with Crippen LogP contribution in [0.3, 0.4) is 0 Å². The number of rotatable bonds is 5. The van der Waals surface area contributed by atoms with Gasteiger partial charge in [0, 0.05) is 18.2 Å². The molecule has 136 valence electrons. The molecule has 0 saturated carbocycles. The predicted molar refractivity (Wildman–Crippen MR) is 104 cm³/mol. The highest BCUT2D eigenvalue weighted by Crippen LogP contribution is 2.27. The van der Waals surface area contributed by atoms with Crippen molar-refractivity contribution in [2.24, 2.45) is 0 Å². The smallest absolute Gasteiger partial charge is 0.244 e. The number of Topliss-reactive ketones (excluding diaryl/α,β-unsaturated/α-hetero) is 1. The number of carbonyl (C=O) groups is 3. The van der Waals surface area contributed by atoms with Gasteiger partial charge in [-0.05, 0) is 50.1 Å². The van der Waals surface area contributed by atoms with Crippen LogP contribution in [-0.2, 0) is 9.59 Å². The van der Waals surface area contributed by atoms with Gasteiger partial charge in [-0.2, -0.15) is 0 Å². The SMILES string of the molecule is CC(=O)c1cccc(N(CC(=O)Nc2c(C)cc(C)cc2Cl)C(C)=O)c1. The van der Waals surface area contributed by atoms with Gasteiger partial charge >= 0.3 is 0 Å². The molecule has 0 heterocycles. The lowest BCUT2D eigenvalue weighted by molar-refractivity contribution is -0.120. The first-order chi connectivity index (χ1) is 12.2. The fraction of sp³-hybridized carbons (Fsp3) is 0.250. The van der Waals surface area contributed by atoms with Gasteiger partial charge in [-0.25, -0.2) is 0 Å². The van der Waals surface area contributed by atoms with Gasteiger partial charge in [0.25, 0.3) is 0 Å². The number of amides is 2. The van der Waals surface area contributed by atoms with Crippen LogP contribution in [0.15, 0.2) is 36.4 Å². The number of halogens is 1. The quantitative estimate of drug-likeness (QED) is 0.801. The summed E-state index contributed by atoms with van der Waals surface area (Å²) in [6.07, 6.45) is 0. The lowest BCUT2D eigenvalue weighted by atomic mass is 10.1. The molecule has 2 aromatic carbocycles. The molecule has 0 spiro atoms. The maximum atomic E-state index is 12.5. The molecule has 2 aromatic rings. The minimum atomic E-state index is -0.373.